The maximum atomic E-state index is 12.1. The second-order valence-electron chi connectivity index (χ2n) is 6.46. The molecule has 0 saturated carbocycles. The minimum Gasteiger partial charge on any atom is -0.376 e. The normalized spacial score (nSPS) is 13.0. The Balaban J connectivity index is 1.29. The van der Waals surface area contributed by atoms with Gasteiger partial charge in [-0.2, -0.15) is 5.10 Å². The summed E-state index contributed by atoms with van der Waals surface area (Å²) >= 11 is 0. The topological polar surface area (TPSA) is 81.1 Å². The van der Waals surface area contributed by atoms with Crippen LogP contribution in [0.1, 0.15) is 22.4 Å². The predicted molar refractivity (Wildman–Crippen MR) is 101 cm³/mol. The molecule has 0 bridgehead atoms. The van der Waals surface area contributed by atoms with Gasteiger partial charge in [0, 0.05) is 36.6 Å². The zero-order valence-electron chi connectivity index (χ0n) is 14.9. The molecular weight excluding hydrogens is 342 g/mol. The summed E-state index contributed by atoms with van der Waals surface area (Å²) in [7, 11) is 0. The minimum atomic E-state index is -0.255. The van der Waals surface area contributed by atoms with Crippen LogP contribution >= 0.6 is 0 Å². The van der Waals surface area contributed by atoms with Gasteiger partial charge in [0.05, 0.1) is 31.6 Å². The van der Waals surface area contributed by atoms with Gasteiger partial charge in [-0.25, -0.2) is 4.79 Å². The van der Waals surface area contributed by atoms with Crippen LogP contribution < -0.4 is 10.6 Å². The van der Waals surface area contributed by atoms with Crippen molar-refractivity contribution in [3.63, 3.8) is 0 Å². The number of hydrogen-bond donors (Lipinski definition) is 2. The third kappa shape index (κ3) is 4.51. The highest BCUT2D eigenvalue weighted by Gasteiger charge is 2.12. The first-order valence-electron chi connectivity index (χ1n) is 8.92. The maximum Gasteiger partial charge on any atom is 0.319 e. The number of hydrogen-bond acceptors (Lipinski definition) is 4. The fraction of sp³-hybridized carbons (Fsp3) is 0.250. The highest BCUT2D eigenvalue weighted by atomic mass is 16.5. The van der Waals surface area contributed by atoms with E-state index >= 15 is 0 Å². The van der Waals surface area contributed by atoms with E-state index in [0.717, 1.165) is 35.3 Å². The molecule has 0 atom stereocenters. The van der Waals surface area contributed by atoms with Gasteiger partial charge in [0.2, 0.25) is 0 Å². The van der Waals surface area contributed by atoms with E-state index in [1.807, 2.05) is 47.3 Å². The zero-order chi connectivity index (χ0) is 18.5. The quantitative estimate of drug-likeness (QED) is 0.730. The predicted octanol–water partition coefficient (Wildman–Crippen LogP) is 2.72. The fourth-order valence-corrected chi connectivity index (χ4v) is 3.01. The van der Waals surface area contributed by atoms with Crippen molar-refractivity contribution >= 4 is 11.7 Å². The van der Waals surface area contributed by atoms with Gasteiger partial charge in [-0.1, -0.05) is 24.3 Å². The number of benzene rings is 1. The molecule has 3 heterocycles. The Morgan fingerprint density at radius 2 is 2.07 bits per heavy atom. The van der Waals surface area contributed by atoms with Gasteiger partial charge in [-0.3, -0.25) is 9.67 Å². The Morgan fingerprint density at radius 3 is 2.89 bits per heavy atom. The number of carbonyl (C=O) groups is 1. The zero-order valence-corrected chi connectivity index (χ0v) is 14.9. The average Bonchev–Trinajstić information content (AvgIpc) is 3.20. The Bertz CT molecular complexity index is 907. The number of ether oxygens (including phenoxy) is 1. The van der Waals surface area contributed by atoms with Crippen molar-refractivity contribution in [1.82, 2.24) is 20.1 Å². The van der Waals surface area contributed by atoms with Crippen molar-refractivity contribution in [2.24, 2.45) is 0 Å². The van der Waals surface area contributed by atoms with Crippen LogP contribution in [0.15, 0.2) is 55.0 Å². The summed E-state index contributed by atoms with van der Waals surface area (Å²) in [5, 5.41) is 9.89. The molecule has 1 aliphatic rings. The lowest BCUT2D eigenvalue weighted by Gasteiger charge is -2.16. The number of pyridine rings is 1. The Morgan fingerprint density at radius 1 is 1.22 bits per heavy atom. The Kier molecular flexibility index (Phi) is 5.11. The summed E-state index contributed by atoms with van der Waals surface area (Å²) in [5.41, 5.74) is 4.95. The number of rotatable bonds is 5. The molecule has 0 spiro atoms. The molecule has 7 nitrogen and oxygen atoms in total. The lowest BCUT2D eigenvalue weighted by molar-refractivity contribution is 0.109. The number of urea groups is 1. The Labute approximate surface area is 157 Å². The Hall–Kier alpha value is -3.19. The molecule has 2 amide bonds. The van der Waals surface area contributed by atoms with Gasteiger partial charge in [-0.15, -0.1) is 0 Å². The molecule has 138 valence electrons. The van der Waals surface area contributed by atoms with Gasteiger partial charge < -0.3 is 15.4 Å². The molecule has 2 aromatic heterocycles. The van der Waals surface area contributed by atoms with Gasteiger partial charge in [0.1, 0.15) is 0 Å². The van der Waals surface area contributed by atoms with Crippen molar-refractivity contribution in [3.8, 4) is 0 Å². The van der Waals surface area contributed by atoms with E-state index in [0.29, 0.717) is 25.4 Å². The number of carbonyl (C=O) groups excluding carboxylic acids is 1. The monoisotopic (exact) mass is 363 g/mol. The smallest absolute Gasteiger partial charge is 0.319 e. The molecule has 1 aromatic carbocycles. The van der Waals surface area contributed by atoms with E-state index in [1.165, 1.54) is 0 Å². The first-order valence-corrected chi connectivity index (χ1v) is 8.92. The van der Waals surface area contributed by atoms with Crippen molar-refractivity contribution < 1.29 is 9.53 Å². The number of nitrogens with one attached hydrogen (secondary N) is 2. The average molecular weight is 363 g/mol. The van der Waals surface area contributed by atoms with Crippen molar-refractivity contribution in [2.75, 3.05) is 11.9 Å². The second kappa shape index (κ2) is 8.01. The summed E-state index contributed by atoms with van der Waals surface area (Å²) in [6.07, 6.45) is 6.20. The van der Waals surface area contributed by atoms with Gasteiger partial charge >= 0.3 is 6.03 Å². The van der Waals surface area contributed by atoms with Crippen LogP contribution in [0.5, 0.6) is 0 Å². The molecule has 1 aliphatic heterocycles. The molecule has 0 radical (unpaired) electrons. The van der Waals surface area contributed by atoms with E-state index in [2.05, 4.69) is 20.7 Å². The molecule has 0 saturated heterocycles. The number of fused-ring (bicyclic) bond motifs is 1. The lowest BCUT2D eigenvalue weighted by atomic mass is 10.1. The molecule has 0 unspecified atom stereocenters. The molecule has 0 fully saturated rings. The SMILES string of the molecule is O=C(NCc1ccc(Cn2cccn2)cc1)Nc1cnc2c(c1)COCC2. The summed E-state index contributed by atoms with van der Waals surface area (Å²) < 4.78 is 7.30. The van der Waals surface area contributed by atoms with Crippen LogP contribution in [0.4, 0.5) is 10.5 Å². The van der Waals surface area contributed by atoms with Crippen LogP contribution in [0, 0.1) is 0 Å². The highest BCUT2D eigenvalue weighted by molar-refractivity contribution is 5.89. The summed E-state index contributed by atoms with van der Waals surface area (Å²) in [6.45, 7) is 2.43. The molecule has 27 heavy (non-hydrogen) atoms. The largest absolute Gasteiger partial charge is 0.376 e. The first kappa shape index (κ1) is 17.2. The molecule has 4 rings (SSSR count). The van der Waals surface area contributed by atoms with E-state index in [9.17, 15) is 4.79 Å². The highest BCUT2D eigenvalue weighted by Crippen LogP contribution is 2.18. The number of nitrogens with zero attached hydrogens (tertiary/aromatic N) is 3. The number of aromatic nitrogens is 3. The number of anilines is 1. The van der Waals surface area contributed by atoms with E-state index in [-0.39, 0.29) is 6.03 Å². The van der Waals surface area contributed by atoms with Crippen LogP contribution in [-0.2, 0) is 30.9 Å². The molecule has 7 heteroatoms. The van der Waals surface area contributed by atoms with Crippen molar-refractivity contribution in [1.29, 1.82) is 0 Å². The van der Waals surface area contributed by atoms with E-state index < -0.39 is 0 Å². The van der Waals surface area contributed by atoms with Crippen LogP contribution in [0.2, 0.25) is 0 Å². The maximum absolute atomic E-state index is 12.1. The summed E-state index contributed by atoms with van der Waals surface area (Å²) in [6, 6.07) is 11.7. The fourth-order valence-electron chi connectivity index (χ4n) is 3.01. The van der Waals surface area contributed by atoms with Gasteiger partial charge in [-0.05, 0) is 23.3 Å². The third-order valence-corrected chi connectivity index (χ3v) is 4.44. The minimum absolute atomic E-state index is 0.255. The summed E-state index contributed by atoms with van der Waals surface area (Å²) in [5.74, 6) is 0. The van der Waals surface area contributed by atoms with Gasteiger partial charge in [0.15, 0.2) is 0 Å². The van der Waals surface area contributed by atoms with Crippen LogP contribution in [-0.4, -0.2) is 27.4 Å². The lowest BCUT2D eigenvalue weighted by Crippen LogP contribution is -2.28. The van der Waals surface area contributed by atoms with Crippen LogP contribution in [0.25, 0.3) is 0 Å². The summed E-state index contributed by atoms with van der Waals surface area (Å²) in [4.78, 5) is 16.5. The molecular formula is C20H21N5O2. The van der Waals surface area contributed by atoms with E-state index in [4.69, 9.17) is 4.74 Å². The molecule has 2 N–H and O–H groups in total. The second-order valence-corrected chi connectivity index (χ2v) is 6.46. The van der Waals surface area contributed by atoms with Crippen molar-refractivity contribution in [3.05, 3.63) is 77.4 Å². The first-order chi connectivity index (χ1) is 13.3. The molecule has 3 aromatic rings. The van der Waals surface area contributed by atoms with Crippen molar-refractivity contribution in [2.45, 2.75) is 26.1 Å². The third-order valence-electron chi connectivity index (χ3n) is 4.44. The molecule has 0 aliphatic carbocycles. The van der Waals surface area contributed by atoms with Crippen LogP contribution in [0.3, 0.4) is 0 Å². The van der Waals surface area contributed by atoms with Gasteiger partial charge in [0.25, 0.3) is 0 Å². The number of amides is 2. The standard InChI is InChI=1S/C20H21N5O2/c26-20(24-18-10-17-14-27-9-6-19(17)21-12-18)22-11-15-2-4-16(5-3-15)13-25-8-1-7-23-25/h1-5,7-8,10,12H,6,9,11,13-14H2,(H2,22,24,26). The van der Waals surface area contributed by atoms with E-state index in [1.54, 1.807) is 12.4 Å².